The van der Waals surface area contributed by atoms with Crippen LogP contribution in [0.15, 0.2) is 18.2 Å². The summed E-state index contributed by atoms with van der Waals surface area (Å²) in [6, 6.07) is 9.03. The van der Waals surface area contributed by atoms with Gasteiger partial charge in [-0.15, -0.1) is 0 Å². The average Bonchev–Trinajstić information content (AvgIpc) is 2.43. The molecule has 0 radical (unpaired) electrons. The molecule has 20 heavy (non-hydrogen) atoms. The van der Waals surface area contributed by atoms with E-state index in [-0.39, 0.29) is 5.54 Å². The summed E-state index contributed by atoms with van der Waals surface area (Å²) in [5.74, 6) is 0. The Morgan fingerprint density at radius 2 is 1.85 bits per heavy atom. The summed E-state index contributed by atoms with van der Waals surface area (Å²) in [6.45, 7) is 7.29. The monoisotopic (exact) mass is 273 g/mol. The Kier molecular flexibility index (Phi) is 6.04. The van der Waals surface area contributed by atoms with E-state index in [0.717, 1.165) is 25.8 Å². The molecule has 3 nitrogen and oxygen atoms in total. The summed E-state index contributed by atoms with van der Waals surface area (Å²) in [4.78, 5) is 2.27. The fourth-order valence-electron chi connectivity index (χ4n) is 2.59. The van der Waals surface area contributed by atoms with Gasteiger partial charge in [0.2, 0.25) is 0 Å². The largest absolute Gasteiger partial charge is 0.375 e. The van der Waals surface area contributed by atoms with Crippen LogP contribution >= 0.6 is 0 Å². The number of nitriles is 1. The number of hydrogen-bond acceptors (Lipinski definition) is 3. The molecule has 0 aliphatic carbocycles. The van der Waals surface area contributed by atoms with Crippen molar-refractivity contribution in [3.05, 3.63) is 29.3 Å². The van der Waals surface area contributed by atoms with E-state index in [2.05, 4.69) is 62.3 Å². The molecule has 0 bridgehead atoms. The first-order chi connectivity index (χ1) is 9.46. The second-order valence-corrected chi connectivity index (χ2v) is 5.67. The zero-order valence-electron chi connectivity index (χ0n) is 13.5. The minimum atomic E-state index is -0.372. The summed E-state index contributed by atoms with van der Waals surface area (Å²) < 4.78 is 0. The van der Waals surface area contributed by atoms with Gasteiger partial charge in [0.05, 0.1) is 6.07 Å². The van der Waals surface area contributed by atoms with Crippen molar-refractivity contribution in [3.63, 3.8) is 0 Å². The molecule has 0 heterocycles. The molecular weight excluding hydrogens is 246 g/mol. The lowest BCUT2D eigenvalue weighted by atomic mass is 9.92. The normalized spacial score (nSPS) is 13.6. The van der Waals surface area contributed by atoms with Gasteiger partial charge in [0.25, 0.3) is 0 Å². The highest BCUT2D eigenvalue weighted by Gasteiger charge is 2.24. The highest BCUT2D eigenvalue weighted by Crippen LogP contribution is 2.20. The molecule has 0 aromatic heterocycles. The van der Waals surface area contributed by atoms with Crippen molar-refractivity contribution in [3.8, 4) is 6.07 Å². The summed E-state index contributed by atoms with van der Waals surface area (Å²) in [5, 5.41) is 12.5. The van der Waals surface area contributed by atoms with Crippen molar-refractivity contribution < 1.29 is 0 Å². The Morgan fingerprint density at radius 3 is 2.30 bits per heavy atom. The predicted molar refractivity (Wildman–Crippen MR) is 86.1 cm³/mol. The van der Waals surface area contributed by atoms with Crippen molar-refractivity contribution in [1.29, 1.82) is 5.26 Å². The first kappa shape index (κ1) is 16.5. The van der Waals surface area contributed by atoms with Crippen LogP contribution in [0.3, 0.4) is 0 Å². The Bertz CT molecular complexity index is 449. The van der Waals surface area contributed by atoms with Gasteiger partial charge in [-0.3, -0.25) is 0 Å². The summed E-state index contributed by atoms with van der Waals surface area (Å²) >= 11 is 0. The fourth-order valence-corrected chi connectivity index (χ4v) is 2.59. The molecule has 0 saturated carbocycles. The SMILES string of the molecule is CCC(C#N)(CCCN(C)c1cc(C)cc(C)c1)NC. The fraction of sp³-hybridized carbons (Fsp3) is 0.588. The van der Waals surface area contributed by atoms with Gasteiger partial charge in [0, 0.05) is 19.3 Å². The number of hydrogen-bond donors (Lipinski definition) is 1. The maximum absolute atomic E-state index is 9.31. The lowest BCUT2D eigenvalue weighted by Crippen LogP contribution is -2.41. The van der Waals surface area contributed by atoms with Crippen LogP contribution in [0.25, 0.3) is 0 Å². The molecule has 1 aromatic carbocycles. The molecule has 0 amide bonds. The summed E-state index contributed by atoms with van der Waals surface area (Å²) in [5.41, 5.74) is 3.47. The molecule has 1 aromatic rings. The third-order valence-electron chi connectivity index (χ3n) is 4.04. The zero-order chi connectivity index (χ0) is 15.2. The Balaban J connectivity index is 2.59. The van der Waals surface area contributed by atoms with Gasteiger partial charge < -0.3 is 10.2 Å². The Labute approximate surface area is 123 Å². The number of benzene rings is 1. The molecule has 0 saturated heterocycles. The van der Waals surface area contributed by atoms with Gasteiger partial charge in [0.1, 0.15) is 5.54 Å². The number of nitrogens with zero attached hydrogens (tertiary/aromatic N) is 2. The van der Waals surface area contributed by atoms with E-state index in [1.54, 1.807) is 0 Å². The van der Waals surface area contributed by atoms with E-state index in [4.69, 9.17) is 0 Å². The van der Waals surface area contributed by atoms with Crippen LogP contribution in [0.2, 0.25) is 0 Å². The van der Waals surface area contributed by atoms with Gasteiger partial charge in [-0.25, -0.2) is 0 Å². The summed E-state index contributed by atoms with van der Waals surface area (Å²) in [6.07, 6.45) is 2.73. The van der Waals surface area contributed by atoms with E-state index in [0.29, 0.717) is 0 Å². The van der Waals surface area contributed by atoms with Gasteiger partial charge in [0.15, 0.2) is 0 Å². The van der Waals surface area contributed by atoms with Crippen LogP contribution in [0.4, 0.5) is 5.69 Å². The number of nitrogens with one attached hydrogen (secondary N) is 1. The minimum absolute atomic E-state index is 0.372. The quantitative estimate of drug-likeness (QED) is 0.827. The van der Waals surface area contributed by atoms with Gasteiger partial charge in [-0.1, -0.05) is 13.0 Å². The topological polar surface area (TPSA) is 39.1 Å². The Hall–Kier alpha value is -1.53. The van der Waals surface area contributed by atoms with Crippen molar-refractivity contribution in [2.24, 2.45) is 0 Å². The molecular formula is C17H27N3. The first-order valence-electron chi connectivity index (χ1n) is 7.36. The highest BCUT2D eigenvalue weighted by molar-refractivity contribution is 5.50. The second-order valence-electron chi connectivity index (χ2n) is 5.67. The zero-order valence-corrected chi connectivity index (χ0v) is 13.5. The van der Waals surface area contributed by atoms with Crippen molar-refractivity contribution in [1.82, 2.24) is 5.32 Å². The van der Waals surface area contributed by atoms with Crippen LogP contribution in [0, 0.1) is 25.2 Å². The standard InChI is InChI=1S/C17H27N3/c1-6-17(13-18,19-4)8-7-9-20(5)16-11-14(2)10-15(3)12-16/h10-12,19H,6-9H2,1-5H3. The van der Waals surface area contributed by atoms with Crippen molar-refractivity contribution in [2.45, 2.75) is 45.6 Å². The first-order valence-corrected chi connectivity index (χ1v) is 7.36. The van der Waals surface area contributed by atoms with E-state index in [9.17, 15) is 5.26 Å². The summed E-state index contributed by atoms with van der Waals surface area (Å²) in [7, 11) is 3.99. The smallest absolute Gasteiger partial charge is 0.106 e. The molecule has 3 heteroatoms. The third-order valence-corrected chi connectivity index (χ3v) is 4.04. The van der Waals surface area contributed by atoms with Crippen LogP contribution in [0.1, 0.15) is 37.3 Å². The third kappa shape index (κ3) is 4.25. The van der Waals surface area contributed by atoms with Crippen LogP contribution in [-0.4, -0.2) is 26.2 Å². The van der Waals surface area contributed by atoms with Crippen molar-refractivity contribution in [2.75, 3.05) is 25.5 Å². The maximum Gasteiger partial charge on any atom is 0.106 e. The maximum atomic E-state index is 9.31. The second kappa shape index (κ2) is 7.31. The molecule has 110 valence electrons. The molecule has 1 unspecified atom stereocenters. The van der Waals surface area contributed by atoms with Crippen molar-refractivity contribution >= 4 is 5.69 Å². The minimum Gasteiger partial charge on any atom is -0.375 e. The lowest BCUT2D eigenvalue weighted by Gasteiger charge is -2.26. The number of aryl methyl sites for hydroxylation is 2. The molecule has 0 fully saturated rings. The van der Waals surface area contributed by atoms with E-state index in [1.807, 2.05) is 7.05 Å². The molecule has 0 spiro atoms. The molecule has 1 rings (SSSR count). The van der Waals surface area contributed by atoms with Crippen LogP contribution < -0.4 is 10.2 Å². The van der Waals surface area contributed by atoms with E-state index in [1.165, 1.54) is 16.8 Å². The molecule has 0 aliphatic rings. The van der Waals surface area contributed by atoms with Gasteiger partial charge in [-0.05, 0) is 63.4 Å². The lowest BCUT2D eigenvalue weighted by molar-refractivity contribution is 0.393. The number of rotatable bonds is 7. The van der Waals surface area contributed by atoms with Gasteiger partial charge >= 0.3 is 0 Å². The van der Waals surface area contributed by atoms with E-state index >= 15 is 0 Å². The predicted octanol–water partition coefficient (Wildman–Crippen LogP) is 3.41. The Morgan fingerprint density at radius 1 is 1.25 bits per heavy atom. The number of anilines is 1. The van der Waals surface area contributed by atoms with Gasteiger partial charge in [-0.2, -0.15) is 5.26 Å². The average molecular weight is 273 g/mol. The molecule has 1 atom stereocenters. The molecule has 1 N–H and O–H groups in total. The van der Waals surface area contributed by atoms with Crippen LogP contribution in [0.5, 0.6) is 0 Å². The van der Waals surface area contributed by atoms with E-state index < -0.39 is 0 Å². The highest BCUT2D eigenvalue weighted by atomic mass is 15.1. The molecule has 0 aliphatic heterocycles. The van der Waals surface area contributed by atoms with Crippen LogP contribution in [-0.2, 0) is 0 Å².